The monoisotopic (exact) mass is 376 g/mol. The molecule has 8 heteroatoms. The summed E-state index contributed by atoms with van der Waals surface area (Å²) in [6.45, 7) is 1.41. The van der Waals surface area contributed by atoms with E-state index in [9.17, 15) is 14.4 Å². The van der Waals surface area contributed by atoms with Crippen LogP contribution < -0.4 is 5.32 Å². The van der Waals surface area contributed by atoms with E-state index in [1.807, 2.05) is 0 Å². The lowest BCUT2D eigenvalue weighted by Gasteiger charge is -2.12. The third-order valence-electron chi connectivity index (χ3n) is 3.32. The highest BCUT2D eigenvalue weighted by Crippen LogP contribution is 2.32. The number of halogens is 1. The fourth-order valence-electron chi connectivity index (χ4n) is 2.21. The van der Waals surface area contributed by atoms with Gasteiger partial charge in [-0.2, -0.15) is 0 Å². The minimum absolute atomic E-state index is 0.218. The summed E-state index contributed by atoms with van der Waals surface area (Å²) in [4.78, 5) is 37.6. The Bertz CT molecular complexity index is 890. The molecule has 6 nitrogen and oxygen atoms in total. The van der Waals surface area contributed by atoms with E-state index in [-0.39, 0.29) is 11.4 Å². The Hall–Kier alpha value is -2.51. The van der Waals surface area contributed by atoms with E-state index in [0.29, 0.717) is 22.2 Å². The molecule has 0 aliphatic carbocycles. The second-order valence-electron chi connectivity index (χ2n) is 5.27. The number of benzene rings is 1. The molecule has 3 amide bonds. The van der Waals surface area contributed by atoms with E-state index in [1.54, 1.807) is 43.3 Å². The summed E-state index contributed by atoms with van der Waals surface area (Å²) < 4.78 is 5.37. The third kappa shape index (κ3) is 4.12. The minimum atomic E-state index is -0.523. The van der Waals surface area contributed by atoms with Crippen molar-refractivity contribution >= 4 is 52.2 Å². The molecule has 25 heavy (non-hydrogen) atoms. The highest BCUT2D eigenvalue weighted by atomic mass is 35.5. The van der Waals surface area contributed by atoms with Crippen molar-refractivity contribution in [2.24, 2.45) is 0 Å². The molecule has 1 saturated heterocycles. The zero-order valence-corrected chi connectivity index (χ0v) is 14.7. The van der Waals surface area contributed by atoms with Crippen LogP contribution in [0.1, 0.15) is 11.5 Å². The molecule has 1 aromatic heterocycles. The van der Waals surface area contributed by atoms with Crippen LogP contribution in [0.5, 0.6) is 0 Å². The summed E-state index contributed by atoms with van der Waals surface area (Å²) in [7, 11) is 0. The summed E-state index contributed by atoms with van der Waals surface area (Å²) in [6, 6.07) is 10.1. The van der Waals surface area contributed by atoms with Crippen LogP contribution >= 0.6 is 23.4 Å². The molecule has 0 radical (unpaired) electrons. The quantitative estimate of drug-likeness (QED) is 0.818. The van der Waals surface area contributed by atoms with Gasteiger partial charge in [0.2, 0.25) is 5.91 Å². The molecule has 1 aliphatic rings. The van der Waals surface area contributed by atoms with E-state index in [0.717, 1.165) is 16.7 Å². The number of aryl methyl sites for hydroxylation is 1. The van der Waals surface area contributed by atoms with Gasteiger partial charge in [-0.05, 0) is 49.0 Å². The molecule has 0 atom stereocenters. The van der Waals surface area contributed by atoms with Crippen LogP contribution in [-0.4, -0.2) is 28.5 Å². The predicted molar refractivity (Wildman–Crippen MR) is 96.2 cm³/mol. The first kappa shape index (κ1) is 17.3. The number of carbonyl (C=O) groups is 3. The van der Waals surface area contributed by atoms with Crippen molar-refractivity contribution < 1.29 is 18.8 Å². The number of thioether (sulfide) groups is 1. The lowest BCUT2D eigenvalue weighted by atomic mass is 10.3. The molecule has 1 aliphatic heterocycles. The number of nitrogens with one attached hydrogen (secondary N) is 1. The number of furan rings is 1. The van der Waals surface area contributed by atoms with E-state index in [2.05, 4.69) is 5.32 Å². The third-order valence-corrected chi connectivity index (χ3v) is 4.46. The number of nitrogens with zero attached hydrogens (tertiary/aromatic N) is 1. The van der Waals surface area contributed by atoms with Crippen LogP contribution in [0.3, 0.4) is 0 Å². The number of amides is 3. The molecule has 1 fully saturated rings. The normalized spacial score (nSPS) is 15.9. The second kappa shape index (κ2) is 7.16. The van der Waals surface area contributed by atoms with Crippen molar-refractivity contribution in [2.45, 2.75) is 6.92 Å². The topological polar surface area (TPSA) is 79.6 Å². The van der Waals surface area contributed by atoms with E-state index in [4.69, 9.17) is 16.0 Å². The van der Waals surface area contributed by atoms with Gasteiger partial charge >= 0.3 is 0 Å². The zero-order valence-electron chi connectivity index (χ0n) is 13.1. The zero-order chi connectivity index (χ0) is 18.0. The minimum Gasteiger partial charge on any atom is -0.462 e. The first-order valence-corrected chi connectivity index (χ1v) is 8.49. The Morgan fingerprint density at radius 2 is 2.12 bits per heavy atom. The van der Waals surface area contributed by atoms with E-state index >= 15 is 0 Å². The molecule has 0 unspecified atom stereocenters. The number of rotatable bonds is 4. The van der Waals surface area contributed by atoms with Crippen LogP contribution in [0.15, 0.2) is 45.7 Å². The Kier molecular flexibility index (Phi) is 4.96. The molecule has 0 saturated carbocycles. The predicted octanol–water partition coefficient (Wildman–Crippen LogP) is 3.92. The average molecular weight is 377 g/mol. The Labute approximate surface area is 152 Å². The highest BCUT2D eigenvalue weighted by molar-refractivity contribution is 8.18. The first-order valence-electron chi connectivity index (χ1n) is 7.29. The van der Waals surface area contributed by atoms with Gasteiger partial charge in [-0.15, -0.1) is 0 Å². The fraction of sp³-hybridized carbons (Fsp3) is 0.118. The maximum Gasteiger partial charge on any atom is 0.294 e. The van der Waals surface area contributed by atoms with Gasteiger partial charge in [-0.25, -0.2) is 0 Å². The number of anilines is 1. The van der Waals surface area contributed by atoms with Crippen molar-refractivity contribution in [3.63, 3.8) is 0 Å². The second-order valence-corrected chi connectivity index (χ2v) is 6.70. The van der Waals surface area contributed by atoms with Gasteiger partial charge in [0.15, 0.2) is 0 Å². The number of hydrogen-bond acceptors (Lipinski definition) is 5. The lowest BCUT2D eigenvalue weighted by Crippen LogP contribution is -2.36. The molecule has 1 aromatic carbocycles. The molecule has 2 heterocycles. The Morgan fingerprint density at radius 3 is 2.80 bits per heavy atom. The molecule has 2 aromatic rings. The summed E-state index contributed by atoms with van der Waals surface area (Å²) in [5, 5.41) is 2.58. The van der Waals surface area contributed by atoms with Crippen LogP contribution in [0.2, 0.25) is 5.02 Å². The van der Waals surface area contributed by atoms with E-state index < -0.39 is 17.1 Å². The van der Waals surface area contributed by atoms with Crippen LogP contribution in [0.25, 0.3) is 6.08 Å². The highest BCUT2D eigenvalue weighted by Gasteiger charge is 2.36. The lowest BCUT2D eigenvalue weighted by molar-refractivity contribution is -0.127. The molecule has 1 N–H and O–H groups in total. The Balaban J connectivity index is 1.68. The summed E-state index contributed by atoms with van der Waals surface area (Å²) in [6.07, 6.45) is 1.49. The fourth-order valence-corrected chi connectivity index (χ4v) is 3.22. The maximum absolute atomic E-state index is 12.3. The largest absolute Gasteiger partial charge is 0.462 e. The van der Waals surface area contributed by atoms with Gasteiger partial charge in [0, 0.05) is 16.8 Å². The summed E-state index contributed by atoms with van der Waals surface area (Å²) in [5.74, 6) is 0.169. The summed E-state index contributed by atoms with van der Waals surface area (Å²) in [5.41, 5.74) is 0.492. The molecular weight excluding hydrogens is 364 g/mol. The van der Waals surface area contributed by atoms with Crippen molar-refractivity contribution in [1.82, 2.24) is 4.90 Å². The number of carbonyl (C=O) groups excluding carboxylic acids is 3. The first-order chi connectivity index (χ1) is 11.9. The van der Waals surface area contributed by atoms with Crippen molar-refractivity contribution in [3.8, 4) is 0 Å². The van der Waals surface area contributed by atoms with Gasteiger partial charge in [0.1, 0.15) is 18.1 Å². The van der Waals surface area contributed by atoms with E-state index in [1.165, 1.54) is 6.08 Å². The standard InChI is InChI=1S/C17H13ClN2O4S/c1-10-5-6-13(24-10)8-14-16(22)20(17(23)25-14)9-15(21)19-12-4-2-3-11(18)7-12/h2-8H,9H2,1H3,(H,19,21)/b14-8+. The van der Waals surface area contributed by atoms with Gasteiger partial charge < -0.3 is 9.73 Å². The molecule has 0 bridgehead atoms. The van der Waals surface area contributed by atoms with Crippen LogP contribution in [-0.2, 0) is 9.59 Å². The summed E-state index contributed by atoms with van der Waals surface area (Å²) >= 11 is 6.63. The van der Waals surface area contributed by atoms with Crippen molar-refractivity contribution in [2.75, 3.05) is 11.9 Å². The number of imide groups is 1. The maximum atomic E-state index is 12.3. The van der Waals surface area contributed by atoms with Crippen molar-refractivity contribution in [1.29, 1.82) is 0 Å². The van der Waals surface area contributed by atoms with Gasteiger partial charge in [-0.3, -0.25) is 19.3 Å². The molecular formula is C17H13ClN2O4S. The van der Waals surface area contributed by atoms with Gasteiger partial charge in [0.25, 0.3) is 11.1 Å². The molecule has 0 spiro atoms. The molecule has 128 valence electrons. The smallest absolute Gasteiger partial charge is 0.294 e. The molecule has 3 rings (SSSR count). The van der Waals surface area contributed by atoms with Crippen LogP contribution in [0.4, 0.5) is 10.5 Å². The van der Waals surface area contributed by atoms with Crippen LogP contribution in [0, 0.1) is 6.92 Å². The average Bonchev–Trinajstić information content (AvgIpc) is 3.06. The Morgan fingerprint density at radius 1 is 1.32 bits per heavy atom. The van der Waals surface area contributed by atoms with Crippen molar-refractivity contribution in [3.05, 3.63) is 57.8 Å². The number of hydrogen-bond donors (Lipinski definition) is 1. The van der Waals surface area contributed by atoms with Gasteiger partial charge in [-0.1, -0.05) is 17.7 Å². The SMILES string of the molecule is Cc1ccc(/C=C2/SC(=O)N(CC(=O)Nc3cccc(Cl)c3)C2=O)o1. The van der Waals surface area contributed by atoms with Gasteiger partial charge in [0.05, 0.1) is 4.91 Å².